The van der Waals surface area contributed by atoms with Crippen molar-refractivity contribution in [2.45, 2.75) is 6.54 Å². The maximum absolute atomic E-state index is 13.3. The van der Waals surface area contributed by atoms with Gasteiger partial charge in [-0.3, -0.25) is 24.8 Å². The van der Waals surface area contributed by atoms with Crippen LogP contribution in [0.1, 0.15) is 15.9 Å². The Labute approximate surface area is 174 Å². The van der Waals surface area contributed by atoms with Gasteiger partial charge in [0.2, 0.25) is 0 Å². The second-order valence-corrected chi connectivity index (χ2v) is 7.61. The fraction of sp³-hybridized carbons (Fsp3) is 0.0500. The van der Waals surface area contributed by atoms with Gasteiger partial charge in [0.15, 0.2) is 5.13 Å². The van der Waals surface area contributed by atoms with Gasteiger partial charge < -0.3 is 0 Å². The normalized spacial score (nSPS) is 10.8. The monoisotopic (exact) mass is 424 g/mol. The average Bonchev–Trinajstić information content (AvgIpc) is 3.15. The molecular weight excluding hydrogens is 412 g/mol. The van der Waals surface area contributed by atoms with Crippen molar-refractivity contribution in [1.82, 2.24) is 9.97 Å². The Hall–Kier alpha value is -3.36. The second kappa shape index (κ2) is 7.94. The number of hydrogen-bond acceptors (Lipinski definition) is 6. The Balaban J connectivity index is 1.74. The van der Waals surface area contributed by atoms with E-state index in [0.29, 0.717) is 15.7 Å². The number of aromatic nitrogens is 2. The first-order valence-corrected chi connectivity index (χ1v) is 9.72. The molecule has 0 unspecified atom stereocenters. The van der Waals surface area contributed by atoms with Gasteiger partial charge in [-0.25, -0.2) is 4.98 Å². The van der Waals surface area contributed by atoms with Gasteiger partial charge in [-0.2, -0.15) is 0 Å². The van der Waals surface area contributed by atoms with Gasteiger partial charge in [-0.05, 0) is 42.0 Å². The summed E-state index contributed by atoms with van der Waals surface area (Å²) in [5.74, 6) is -0.311. The summed E-state index contributed by atoms with van der Waals surface area (Å²) in [6.07, 6.45) is 3.34. The summed E-state index contributed by atoms with van der Waals surface area (Å²) in [7, 11) is 0. The molecule has 0 spiro atoms. The van der Waals surface area contributed by atoms with E-state index in [1.54, 1.807) is 36.7 Å². The molecule has 144 valence electrons. The van der Waals surface area contributed by atoms with Crippen LogP contribution in [0.25, 0.3) is 10.2 Å². The first kappa shape index (κ1) is 19.0. The summed E-state index contributed by atoms with van der Waals surface area (Å²) >= 11 is 7.42. The number of carbonyl (C=O) groups is 1. The fourth-order valence-electron chi connectivity index (χ4n) is 2.78. The largest absolute Gasteiger partial charge is 0.279 e. The van der Waals surface area contributed by atoms with Crippen LogP contribution in [-0.4, -0.2) is 20.8 Å². The van der Waals surface area contributed by atoms with Crippen LogP contribution in [0.5, 0.6) is 0 Å². The lowest BCUT2D eigenvalue weighted by Gasteiger charge is -2.20. The zero-order valence-corrected chi connectivity index (χ0v) is 16.4. The quantitative estimate of drug-likeness (QED) is 0.328. The van der Waals surface area contributed by atoms with Gasteiger partial charge in [-0.15, -0.1) is 0 Å². The highest BCUT2D eigenvalue weighted by atomic mass is 35.5. The van der Waals surface area contributed by atoms with Crippen molar-refractivity contribution in [2.24, 2.45) is 0 Å². The Morgan fingerprint density at radius 1 is 1.17 bits per heavy atom. The highest BCUT2D eigenvalue weighted by molar-refractivity contribution is 7.22. The fourth-order valence-corrected chi connectivity index (χ4v) is 4.02. The third kappa shape index (κ3) is 4.08. The number of pyridine rings is 1. The lowest BCUT2D eigenvalue weighted by atomic mass is 10.1. The molecule has 7 nitrogen and oxygen atoms in total. The molecule has 0 aliphatic carbocycles. The number of anilines is 1. The van der Waals surface area contributed by atoms with Crippen LogP contribution >= 0.6 is 22.9 Å². The SMILES string of the molecule is O=C(c1ccc([N+](=O)[O-])cc1)N(Cc1cccnc1)c1nc2ccc(Cl)cc2s1. The minimum absolute atomic E-state index is 0.0741. The predicted molar refractivity (Wildman–Crippen MR) is 112 cm³/mol. The van der Waals surface area contributed by atoms with Gasteiger partial charge in [-0.1, -0.05) is 29.0 Å². The molecule has 2 aromatic carbocycles. The molecule has 0 atom stereocenters. The molecule has 4 rings (SSSR count). The van der Waals surface area contributed by atoms with Crippen LogP contribution in [0.4, 0.5) is 10.8 Å². The summed E-state index contributed by atoms with van der Waals surface area (Å²) in [5.41, 5.74) is 1.83. The van der Waals surface area contributed by atoms with Crippen molar-refractivity contribution in [2.75, 3.05) is 4.90 Å². The molecule has 0 radical (unpaired) electrons. The molecule has 0 saturated carbocycles. The molecule has 0 bridgehead atoms. The van der Waals surface area contributed by atoms with Gasteiger partial charge in [0, 0.05) is 35.1 Å². The third-order valence-corrected chi connectivity index (χ3v) is 5.48. The van der Waals surface area contributed by atoms with Crippen molar-refractivity contribution >= 4 is 49.9 Å². The van der Waals surface area contributed by atoms with Gasteiger partial charge in [0.1, 0.15) is 0 Å². The topological polar surface area (TPSA) is 89.2 Å². The molecule has 0 saturated heterocycles. The van der Waals surface area contributed by atoms with Crippen LogP contribution < -0.4 is 4.90 Å². The van der Waals surface area contributed by atoms with Crippen LogP contribution in [0, 0.1) is 10.1 Å². The molecular formula is C20H13ClN4O3S. The highest BCUT2D eigenvalue weighted by Gasteiger charge is 2.22. The molecule has 0 aliphatic rings. The Morgan fingerprint density at radius 3 is 2.66 bits per heavy atom. The van der Waals surface area contributed by atoms with Crippen LogP contribution in [0.3, 0.4) is 0 Å². The summed E-state index contributed by atoms with van der Waals surface area (Å²) in [5, 5.41) is 12.0. The van der Waals surface area contributed by atoms with E-state index in [1.807, 2.05) is 6.07 Å². The minimum Gasteiger partial charge on any atom is -0.279 e. The number of halogens is 1. The van der Waals surface area contributed by atoms with E-state index in [9.17, 15) is 14.9 Å². The number of hydrogen-bond donors (Lipinski definition) is 0. The maximum atomic E-state index is 13.3. The molecule has 4 aromatic rings. The first-order valence-electron chi connectivity index (χ1n) is 8.52. The zero-order chi connectivity index (χ0) is 20.4. The highest BCUT2D eigenvalue weighted by Crippen LogP contribution is 2.32. The molecule has 9 heteroatoms. The summed E-state index contributed by atoms with van der Waals surface area (Å²) in [6, 6.07) is 14.5. The lowest BCUT2D eigenvalue weighted by molar-refractivity contribution is -0.384. The molecule has 0 aliphatic heterocycles. The number of fused-ring (bicyclic) bond motifs is 1. The molecule has 29 heavy (non-hydrogen) atoms. The standard InChI is InChI=1S/C20H13ClN4O3S/c21-15-5-8-17-18(10-15)29-20(23-17)24(12-13-2-1-9-22-11-13)19(26)14-3-6-16(7-4-14)25(27)28/h1-11H,12H2. The number of rotatable bonds is 5. The van der Waals surface area contributed by atoms with E-state index < -0.39 is 4.92 Å². The van der Waals surface area contributed by atoms with E-state index in [0.717, 1.165) is 15.8 Å². The number of benzene rings is 2. The van der Waals surface area contributed by atoms with Crippen molar-refractivity contribution in [3.05, 3.63) is 93.3 Å². The summed E-state index contributed by atoms with van der Waals surface area (Å²) < 4.78 is 0.861. The molecule has 0 N–H and O–H groups in total. The number of thiazole rings is 1. The number of nitro groups is 1. The van der Waals surface area contributed by atoms with Gasteiger partial charge in [0.25, 0.3) is 11.6 Å². The number of non-ortho nitro benzene ring substituents is 1. The number of nitro benzene ring substituents is 1. The number of amides is 1. The van der Waals surface area contributed by atoms with E-state index in [4.69, 9.17) is 11.6 Å². The lowest BCUT2D eigenvalue weighted by Crippen LogP contribution is -2.30. The Morgan fingerprint density at radius 2 is 1.97 bits per heavy atom. The maximum Gasteiger partial charge on any atom is 0.269 e. The number of carbonyl (C=O) groups excluding carboxylic acids is 1. The van der Waals surface area contributed by atoms with E-state index in [1.165, 1.54) is 40.5 Å². The Bertz CT molecular complexity index is 1200. The van der Waals surface area contributed by atoms with Crippen molar-refractivity contribution in [3.8, 4) is 0 Å². The smallest absolute Gasteiger partial charge is 0.269 e. The summed E-state index contributed by atoms with van der Waals surface area (Å²) in [4.78, 5) is 33.9. The van der Waals surface area contributed by atoms with E-state index in [-0.39, 0.29) is 18.1 Å². The van der Waals surface area contributed by atoms with Crippen molar-refractivity contribution in [1.29, 1.82) is 0 Å². The first-order chi connectivity index (χ1) is 14.0. The molecule has 2 heterocycles. The molecule has 0 fully saturated rings. The second-order valence-electron chi connectivity index (χ2n) is 6.17. The predicted octanol–water partition coefficient (Wildman–Crippen LogP) is 5.10. The average molecular weight is 425 g/mol. The third-order valence-electron chi connectivity index (χ3n) is 4.20. The molecule has 2 aromatic heterocycles. The number of nitrogens with zero attached hydrogens (tertiary/aromatic N) is 4. The zero-order valence-electron chi connectivity index (χ0n) is 14.9. The minimum atomic E-state index is -0.501. The van der Waals surface area contributed by atoms with Gasteiger partial charge >= 0.3 is 0 Å². The summed E-state index contributed by atoms with van der Waals surface area (Å²) in [6.45, 7) is 0.261. The van der Waals surface area contributed by atoms with Crippen LogP contribution in [-0.2, 0) is 6.54 Å². The van der Waals surface area contributed by atoms with Crippen LogP contribution in [0.2, 0.25) is 5.02 Å². The van der Waals surface area contributed by atoms with Crippen molar-refractivity contribution < 1.29 is 9.72 Å². The van der Waals surface area contributed by atoms with Gasteiger partial charge in [0.05, 0.1) is 21.7 Å². The van der Waals surface area contributed by atoms with E-state index in [2.05, 4.69) is 9.97 Å². The molecule has 1 amide bonds. The Kier molecular flexibility index (Phi) is 5.20. The van der Waals surface area contributed by atoms with E-state index >= 15 is 0 Å². The van der Waals surface area contributed by atoms with Crippen LogP contribution in [0.15, 0.2) is 67.0 Å². The van der Waals surface area contributed by atoms with Crippen molar-refractivity contribution in [3.63, 3.8) is 0 Å².